The Balaban J connectivity index is 3.23. The molecule has 0 aliphatic carbocycles. The molecule has 0 heterocycles. The second-order valence-corrected chi connectivity index (χ2v) is 3.68. The van der Waals surface area contributed by atoms with Crippen LogP contribution in [0, 0.1) is 11.8 Å². The third kappa shape index (κ3) is 3.67. The van der Waals surface area contributed by atoms with Gasteiger partial charge in [0.15, 0.2) is 0 Å². The summed E-state index contributed by atoms with van der Waals surface area (Å²) in [4.78, 5) is 10.9. The maximum Gasteiger partial charge on any atom is 0.416 e. The van der Waals surface area contributed by atoms with Gasteiger partial charge in [0.2, 0.25) is 0 Å². The Morgan fingerprint density at radius 2 is 2.06 bits per heavy atom. The molecule has 0 fully saturated rings. The first-order chi connectivity index (χ1) is 8.36. The summed E-state index contributed by atoms with van der Waals surface area (Å²) in [6.07, 6.45) is -4.24. The van der Waals surface area contributed by atoms with Crippen LogP contribution in [-0.2, 0) is 6.18 Å². The van der Waals surface area contributed by atoms with E-state index in [2.05, 4.69) is 11.8 Å². The van der Waals surface area contributed by atoms with Crippen LogP contribution in [0.4, 0.5) is 13.2 Å². The van der Waals surface area contributed by atoms with Crippen molar-refractivity contribution in [3.05, 3.63) is 34.9 Å². The largest absolute Gasteiger partial charge is 0.478 e. The number of carboxylic acids is 1. The molecule has 0 atom stereocenters. The Kier molecular flexibility index (Phi) is 4.62. The van der Waals surface area contributed by atoms with Gasteiger partial charge in [-0.2, -0.15) is 13.2 Å². The summed E-state index contributed by atoms with van der Waals surface area (Å²) in [7, 11) is 0. The van der Waals surface area contributed by atoms with Crippen LogP contribution in [0.1, 0.15) is 27.9 Å². The fourth-order valence-corrected chi connectivity index (χ4v) is 1.31. The molecule has 0 unspecified atom stereocenters. The second-order valence-electron chi connectivity index (χ2n) is 3.30. The van der Waals surface area contributed by atoms with Gasteiger partial charge >= 0.3 is 12.1 Å². The molecule has 0 aliphatic heterocycles. The highest BCUT2D eigenvalue weighted by atomic mass is 35.5. The van der Waals surface area contributed by atoms with E-state index >= 15 is 0 Å². The summed E-state index contributed by atoms with van der Waals surface area (Å²) in [5.41, 5.74) is -1.43. The quantitative estimate of drug-likeness (QED) is 0.664. The van der Waals surface area contributed by atoms with Gasteiger partial charge < -0.3 is 5.11 Å². The summed E-state index contributed by atoms with van der Waals surface area (Å²) in [6, 6.07) is 2.43. The van der Waals surface area contributed by atoms with Crippen LogP contribution in [-0.4, -0.2) is 17.0 Å². The normalized spacial score (nSPS) is 10.7. The van der Waals surface area contributed by atoms with Crippen molar-refractivity contribution in [3.8, 4) is 11.8 Å². The molecule has 96 valence electrons. The van der Waals surface area contributed by atoms with Crippen LogP contribution in [0.3, 0.4) is 0 Å². The summed E-state index contributed by atoms with van der Waals surface area (Å²) in [6.45, 7) is 0. The Morgan fingerprint density at radius 3 is 2.56 bits per heavy atom. The minimum Gasteiger partial charge on any atom is -0.478 e. The Bertz CT molecular complexity index is 512. The average Bonchev–Trinajstić information content (AvgIpc) is 2.28. The van der Waals surface area contributed by atoms with Gasteiger partial charge in [-0.05, 0) is 18.2 Å². The van der Waals surface area contributed by atoms with Crippen molar-refractivity contribution in [2.45, 2.75) is 12.6 Å². The molecular formula is C12H8ClF3O2. The maximum absolute atomic E-state index is 12.4. The SMILES string of the molecule is O=C(O)c1cc(C(F)(F)F)ccc1C#CCCCl. The summed E-state index contributed by atoms with van der Waals surface area (Å²) in [5, 5.41) is 8.85. The lowest BCUT2D eigenvalue weighted by molar-refractivity contribution is -0.137. The first kappa shape index (κ1) is 14.4. The summed E-state index contributed by atoms with van der Waals surface area (Å²) >= 11 is 5.39. The standard InChI is InChI=1S/C12H8ClF3O2/c13-6-2-1-3-8-4-5-9(12(14,15)16)7-10(8)11(17)18/h4-5,7H,2,6H2,(H,17,18). The zero-order valence-electron chi connectivity index (χ0n) is 9.01. The van der Waals surface area contributed by atoms with Gasteiger partial charge in [0, 0.05) is 17.9 Å². The number of benzene rings is 1. The van der Waals surface area contributed by atoms with E-state index in [0.29, 0.717) is 12.5 Å². The van der Waals surface area contributed by atoms with Gasteiger partial charge in [0.1, 0.15) is 0 Å². The molecule has 1 N–H and O–H groups in total. The minimum atomic E-state index is -4.58. The molecule has 0 aromatic heterocycles. The van der Waals surface area contributed by atoms with Gasteiger partial charge in [-0.3, -0.25) is 0 Å². The Hall–Kier alpha value is -1.67. The molecule has 1 aromatic rings. The van der Waals surface area contributed by atoms with Gasteiger partial charge in [0.05, 0.1) is 11.1 Å². The molecule has 1 rings (SSSR count). The van der Waals surface area contributed by atoms with E-state index in [1.807, 2.05) is 0 Å². The van der Waals surface area contributed by atoms with Gasteiger partial charge in [-0.25, -0.2) is 4.79 Å². The molecule has 2 nitrogen and oxygen atoms in total. The molecule has 0 spiro atoms. The van der Waals surface area contributed by atoms with Crippen molar-refractivity contribution in [3.63, 3.8) is 0 Å². The molecule has 1 aromatic carbocycles. The van der Waals surface area contributed by atoms with Gasteiger partial charge in [-0.15, -0.1) is 11.6 Å². The fraction of sp³-hybridized carbons (Fsp3) is 0.250. The number of alkyl halides is 4. The van der Waals surface area contributed by atoms with Gasteiger partial charge in [0.25, 0.3) is 0 Å². The lowest BCUT2D eigenvalue weighted by Gasteiger charge is -2.08. The first-order valence-electron chi connectivity index (χ1n) is 4.85. The van der Waals surface area contributed by atoms with Gasteiger partial charge in [-0.1, -0.05) is 11.8 Å². The smallest absolute Gasteiger partial charge is 0.416 e. The lowest BCUT2D eigenvalue weighted by atomic mass is 10.0. The molecule has 0 aliphatic rings. The highest BCUT2D eigenvalue weighted by Crippen LogP contribution is 2.30. The van der Waals surface area contributed by atoms with Crippen LogP contribution >= 0.6 is 11.6 Å². The van der Waals surface area contributed by atoms with E-state index in [-0.39, 0.29) is 11.4 Å². The van der Waals surface area contributed by atoms with E-state index in [1.54, 1.807) is 0 Å². The van der Waals surface area contributed by atoms with Crippen molar-refractivity contribution in [2.24, 2.45) is 0 Å². The average molecular weight is 277 g/mol. The number of aromatic carboxylic acids is 1. The molecule has 0 bridgehead atoms. The Morgan fingerprint density at radius 1 is 1.39 bits per heavy atom. The molecule has 0 saturated heterocycles. The van der Waals surface area contributed by atoms with Crippen LogP contribution in [0.15, 0.2) is 18.2 Å². The number of rotatable bonds is 2. The monoisotopic (exact) mass is 276 g/mol. The predicted octanol–water partition coefficient (Wildman–Crippen LogP) is 3.38. The van der Waals surface area contributed by atoms with E-state index in [1.165, 1.54) is 0 Å². The second kappa shape index (κ2) is 5.78. The summed E-state index contributed by atoms with van der Waals surface area (Å²) in [5.74, 6) is 3.90. The first-order valence-corrected chi connectivity index (χ1v) is 5.39. The number of hydrogen-bond acceptors (Lipinski definition) is 1. The maximum atomic E-state index is 12.4. The molecule has 0 amide bonds. The van der Waals surface area contributed by atoms with E-state index in [9.17, 15) is 18.0 Å². The van der Waals surface area contributed by atoms with Crippen LogP contribution in [0.25, 0.3) is 0 Å². The third-order valence-corrected chi connectivity index (χ3v) is 2.21. The molecule has 0 radical (unpaired) electrons. The highest BCUT2D eigenvalue weighted by molar-refractivity contribution is 6.18. The van der Waals surface area contributed by atoms with Crippen LogP contribution in [0.2, 0.25) is 0 Å². The summed E-state index contributed by atoms with van der Waals surface area (Å²) < 4.78 is 37.3. The molecule has 18 heavy (non-hydrogen) atoms. The van der Waals surface area contributed by atoms with E-state index in [4.69, 9.17) is 16.7 Å². The van der Waals surface area contributed by atoms with Crippen molar-refractivity contribution in [1.82, 2.24) is 0 Å². The van der Waals surface area contributed by atoms with Crippen molar-refractivity contribution < 1.29 is 23.1 Å². The number of hydrogen-bond donors (Lipinski definition) is 1. The number of halogens is 4. The van der Waals surface area contributed by atoms with Crippen molar-refractivity contribution >= 4 is 17.6 Å². The van der Waals surface area contributed by atoms with E-state index < -0.39 is 23.3 Å². The van der Waals surface area contributed by atoms with Crippen LogP contribution in [0.5, 0.6) is 0 Å². The number of carboxylic acid groups (broad SMARTS) is 1. The lowest BCUT2D eigenvalue weighted by Crippen LogP contribution is -2.08. The molecule has 6 heteroatoms. The fourth-order valence-electron chi connectivity index (χ4n) is 1.21. The highest BCUT2D eigenvalue weighted by Gasteiger charge is 2.31. The molecular weight excluding hydrogens is 269 g/mol. The van der Waals surface area contributed by atoms with Crippen molar-refractivity contribution in [1.29, 1.82) is 0 Å². The minimum absolute atomic E-state index is 0.0422. The van der Waals surface area contributed by atoms with E-state index in [0.717, 1.165) is 12.1 Å². The zero-order valence-corrected chi connectivity index (χ0v) is 9.77. The zero-order chi connectivity index (χ0) is 13.8. The predicted molar refractivity (Wildman–Crippen MR) is 60.6 cm³/mol. The molecule has 0 saturated carbocycles. The van der Waals surface area contributed by atoms with Crippen molar-refractivity contribution in [2.75, 3.05) is 5.88 Å². The van der Waals surface area contributed by atoms with Crippen LogP contribution < -0.4 is 0 Å². The Labute approximate surface area is 106 Å². The number of carbonyl (C=O) groups is 1. The third-order valence-electron chi connectivity index (χ3n) is 2.02. The topological polar surface area (TPSA) is 37.3 Å².